The molecular formula is C14H15N5O2S. The molecule has 0 saturated carbocycles. The molecule has 7 nitrogen and oxygen atoms in total. The van der Waals surface area contributed by atoms with Crippen molar-refractivity contribution in [1.82, 2.24) is 19.3 Å². The lowest BCUT2D eigenvalue weighted by atomic mass is 10.1. The van der Waals surface area contributed by atoms with Gasteiger partial charge in [0.15, 0.2) is 0 Å². The van der Waals surface area contributed by atoms with Gasteiger partial charge in [0.05, 0.1) is 28.9 Å². The summed E-state index contributed by atoms with van der Waals surface area (Å²) in [5.41, 5.74) is 0.179. The molecule has 0 radical (unpaired) electrons. The molecule has 1 aromatic carbocycles. The van der Waals surface area contributed by atoms with Crippen LogP contribution >= 0.6 is 0 Å². The van der Waals surface area contributed by atoms with Gasteiger partial charge < -0.3 is 0 Å². The Hall–Kier alpha value is -2.24. The van der Waals surface area contributed by atoms with Crippen molar-refractivity contribution in [3.63, 3.8) is 0 Å². The number of hydrogen-bond donors (Lipinski definition) is 0. The molecule has 0 aliphatic carbocycles. The van der Waals surface area contributed by atoms with E-state index < -0.39 is 10.0 Å². The summed E-state index contributed by atoms with van der Waals surface area (Å²) in [6, 6.07) is 8.36. The number of nitrogens with zero attached hydrogens (tertiary/aromatic N) is 5. The van der Waals surface area contributed by atoms with Crippen LogP contribution in [-0.4, -0.2) is 40.8 Å². The molecule has 8 heteroatoms. The largest absolute Gasteiger partial charge is 0.244 e. The summed E-state index contributed by atoms with van der Waals surface area (Å²) >= 11 is 0. The van der Waals surface area contributed by atoms with Gasteiger partial charge in [-0.15, -0.1) is 0 Å². The minimum absolute atomic E-state index is 0.0770. The van der Waals surface area contributed by atoms with Crippen LogP contribution in [0.15, 0.2) is 41.6 Å². The first-order chi connectivity index (χ1) is 10.6. The molecule has 1 aliphatic heterocycles. The minimum Gasteiger partial charge on any atom is -0.207 e. The number of sulfonamides is 1. The van der Waals surface area contributed by atoms with E-state index in [0.717, 1.165) is 0 Å². The highest BCUT2D eigenvalue weighted by Crippen LogP contribution is 2.27. The topological polar surface area (TPSA) is 91.9 Å². The lowest BCUT2D eigenvalue weighted by Crippen LogP contribution is -2.39. The third-order valence-electron chi connectivity index (χ3n) is 3.81. The number of aromatic nitrogens is 3. The maximum atomic E-state index is 12.7. The van der Waals surface area contributed by atoms with Gasteiger partial charge in [0.25, 0.3) is 0 Å². The maximum Gasteiger partial charge on any atom is 0.244 e. The van der Waals surface area contributed by atoms with Crippen LogP contribution in [0.2, 0.25) is 0 Å². The summed E-state index contributed by atoms with van der Waals surface area (Å²) in [6.07, 6.45) is 4.55. The molecule has 1 fully saturated rings. The van der Waals surface area contributed by atoms with Crippen LogP contribution in [0.3, 0.4) is 0 Å². The molecule has 1 aromatic heterocycles. The molecule has 0 amide bonds. The number of piperidine rings is 1. The number of rotatable bonds is 3. The zero-order chi connectivity index (χ0) is 15.6. The number of hydrogen-bond acceptors (Lipinski definition) is 5. The van der Waals surface area contributed by atoms with E-state index in [9.17, 15) is 8.42 Å². The summed E-state index contributed by atoms with van der Waals surface area (Å²) in [7, 11) is -3.64. The van der Waals surface area contributed by atoms with Crippen molar-refractivity contribution >= 4 is 10.0 Å². The van der Waals surface area contributed by atoms with E-state index in [-0.39, 0.29) is 16.5 Å². The van der Waals surface area contributed by atoms with Crippen molar-refractivity contribution < 1.29 is 8.42 Å². The Morgan fingerprint density at radius 3 is 2.41 bits per heavy atom. The van der Waals surface area contributed by atoms with E-state index in [4.69, 9.17) is 5.26 Å². The lowest BCUT2D eigenvalue weighted by Gasteiger charge is -2.30. The molecule has 114 valence electrons. The average molecular weight is 317 g/mol. The van der Waals surface area contributed by atoms with Gasteiger partial charge in [-0.05, 0) is 25.0 Å². The molecular weight excluding hydrogens is 302 g/mol. The van der Waals surface area contributed by atoms with Gasteiger partial charge in [-0.25, -0.2) is 8.42 Å². The van der Waals surface area contributed by atoms with Crippen LogP contribution in [0.1, 0.15) is 24.4 Å². The zero-order valence-corrected chi connectivity index (χ0v) is 12.6. The average Bonchev–Trinajstić information content (AvgIpc) is 3.09. The van der Waals surface area contributed by atoms with Gasteiger partial charge in [-0.2, -0.15) is 24.6 Å². The maximum absolute atomic E-state index is 12.7. The second kappa shape index (κ2) is 5.87. The Balaban J connectivity index is 1.79. The van der Waals surface area contributed by atoms with Crippen LogP contribution in [0, 0.1) is 11.3 Å². The van der Waals surface area contributed by atoms with E-state index in [2.05, 4.69) is 10.2 Å². The standard InChI is InChI=1S/C14H15N5O2S/c15-11-12-3-1-2-4-14(12)22(20,21)18-9-5-13(6-10-18)19-16-7-8-17-19/h1-4,7-8,13H,5-6,9-10H2. The fourth-order valence-electron chi connectivity index (χ4n) is 2.65. The minimum atomic E-state index is -3.64. The predicted octanol–water partition coefficient (Wildman–Crippen LogP) is 1.18. The van der Waals surface area contributed by atoms with Crippen molar-refractivity contribution in [2.75, 3.05) is 13.1 Å². The third-order valence-corrected chi connectivity index (χ3v) is 5.77. The van der Waals surface area contributed by atoms with E-state index >= 15 is 0 Å². The normalized spacial score (nSPS) is 17.2. The highest BCUT2D eigenvalue weighted by atomic mass is 32.2. The molecule has 0 atom stereocenters. The first-order valence-electron chi connectivity index (χ1n) is 6.98. The van der Waals surface area contributed by atoms with E-state index in [1.54, 1.807) is 29.3 Å². The Labute approximate surface area is 128 Å². The number of benzene rings is 1. The Bertz CT molecular complexity index is 787. The van der Waals surface area contributed by atoms with Gasteiger partial charge in [-0.1, -0.05) is 12.1 Å². The predicted molar refractivity (Wildman–Crippen MR) is 78.2 cm³/mol. The molecule has 2 aromatic rings. The summed E-state index contributed by atoms with van der Waals surface area (Å²) in [4.78, 5) is 1.71. The molecule has 3 rings (SSSR count). The van der Waals surface area contributed by atoms with Crippen LogP contribution in [0.5, 0.6) is 0 Å². The van der Waals surface area contributed by atoms with Crippen LogP contribution in [-0.2, 0) is 10.0 Å². The first kappa shape index (κ1) is 14.7. The molecule has 0 bridgehead atoms. The molecule has 2 heterocycles. The zero-order valence-electron chi connectivity index (χ0n) is 11.8. The summed E-state index contributed by atoms with van der Waals surface area (Å²) in [5, 5.41) is 17.3. The van der Waals surface area contributed by atoms with Crippen molar-refractivity contribution in [2.45, 2.75) is 23.8 Å². The Morgan fingerprint density at radius 2 is 1.77 bits per heavy atom. The van der Waals surface area contributed by atoms with Gasteiger partial charge >= 0.3 is 0 Å². The summed E-state index contributed by atoms with van der Waals surface area (Å²) in [5.74, 6) is 0. The van der Waals surface area contributed by atoms with Crippen LogP contribution in [0.4, 0.5) is 0 Å². The monoisotopic (exact) mass is 317 g/mol. The fraction of sp³-hybridized carbons (Fsp3) is 0.357. The summed E-state index contributed by atoms with van der Waals surface area (Å²) < 4.78 is 26.8. The van der Waals surface area contributed by atoms with Crippen molar-refractivity contribution in [3.8, 4) is 6.07 Å². The quantitative estimate of drug-likeness (QED) is 0.847. The van der Waals surface area contributed by atoms with Crippen molar-refractivity contribution in [2.24, 2.45) is 0 Å². The lowest BCUT2D eigenvalue weighted by molar-refractivity contribution is 0.245. The van der Waals surface area contributed by atoms with Crippen molar-refractivity contribution in [1.29, 1.82) is 5.26 Å². The van der Waals surface area contributed by atoms with Gasteiger partial charge in [0, 0.05) is 13.1 Å². The van der Waals surface area contributed by atoms with E-state index in [0.29, 0.717) is 25.9 Å². The summed E-state index contributed by atoms with van der Waals surface area (Å²) in [6.45, 7) is 0.794. The van der Waals surface area contributed by atoms with Crippen LogP contribution < -0.4 is 0 Å². The Morgan fingerprint density at radius 1 is 1.14 bits per heavy atom. The fourth-order valence-corrected chi connectivity index (χ4v) is 4.26. The van der Waals surface area contributed by atoms with E-state index in [1.807, 2.05) is 6.07 Å². The van der Waals surface area contributed by atoms with E-state index in [1.165, 1.54) is 16.4 Å². The molecule has 22 heavy (non-hydrogen) atoms. The van der Waals surface area contributed by atoms with Crippen molar-refractivity contribution in [3.05, 3.63) is 42.2 Å². The highest BCUT2D eigenvalue weighted by Gasteiger charge is 2.31. The first-order valence-corrected chi connectivity index (χ1v) is 8.42. The smallest absolute Gasteiger partial charge is 0.207 e. The third kappa shape index (κ3) is 2.61. The van der Waals surface area contributed by atoms with Gasteiger partial charge in [-0.3, -0.25) is 0 Å². The SMILES string of the molecule is N#Cc1ccccc1S(=O)(=O)N1CCC(n2nccn2)CC1. The number of nitriles is 1. The molecule has 1 saturated heterocycles. The second-order valence-electron chi connectivity index (χ2n) is 5.09. The molecule has 0 unspecified atom stereocenters. The molecule has 0 N–H and O–H groups in total. The molecule has 0 spiro atoms. The molecule has 1 aliphatic rings. The van der Waals surface area contributed by atoms with Gasteiger partial charge in [0.2, 0.25) is 10.0 Å². The Kier molecular flexibility index (Phi) is 3.92. The highest BCUT2D eigenvalue weighted by molar-refractivity contribution is 7.89. The van der Waals surface area contributed by atoms with Crippen LogP contribution in [0.25, 0.3) is 0 Å². The second-order valence-corrected chi connectivity index (χ2v) is 7.00. The van der Waals surface area contributed by atoms with Gasteiger partial charge in [0.1, 0.15) is 6.07 Å².